The van der Waals surface area contributed by atoms with E-state index in [-0.39, 0.29) is 12.1 Å². The van der Waals surface area contributed by atoms with Crippen LogP contribution in [0.15, 0.2) is 42.5 Å². The number of anilines is 1. The molecule has 4 heteroatoms. The summed E-state index contributed by atoms with van der Waals surface area (Å²) in [7, 11) is 1.63. The lowest BCUT2D eigenvalue weighted by Crippen LogP contribution is -2.39. The summed E-state index contributed by atoms with van der Waals surface area (Å²) in [5.41, 5.74) is 2.56. The van der Waals surface area contributed by atoms with Crippen LogP contribution >= 0.6 is 0 Å². The number of aryl methyl sites for hydroxylation is 1. The average molecular weight is 284 g/mol. The van der Waals surface area contributed by atoms with Crippen molar-refractivity contribution in [1.29, 1.82) is 0 Å². The van der Waals surface area contributed by atoms with E-state index in [1.807, 2.05) is 56.3 Å². The van der Waals surface area contributed by atoms with E-state index in [1.165, 1.54) is 0 Å². The molecule has 0 aliphatic carbocycles. The molecule has 0 spiro atoms. The SMILES string of the molecule is COc1ccc(C2C(C)Oc3ccc(C)cc3N2[O])cc1. The molecule has 4 nitrogen and oxygen atoms in total. The second-order valence-electron chi connectivity index (χ2n) is 5.34. The van der Waals surface area contributed by atoms with E-state index in [9.17, 15) is 5.21 Å². The van der Waals surface area contributed by atoms with Crippen LogP contribution in [0.3, 0.4) is 0 Å². The Bertz CT molecular complexity index is 639. The maximum Gasteiger partial charge on any atom is 0.145 e. The van der Waals surface area contributed by atoms with Crippen LogP contribution in [0.25, 0.3) is 0 Å². The number of hydroxylamine groups is 1. The predicted octanol–water partition coefficient (Wildman–Crippen LogP) is 3.68. The third-order valence-electron chi connectivity index (χ3n) is 3.82. The smallest absolute Gasteiger partial charge is 0.145 e. The molecule has 2 aromatic carbocycles. The molecule has 1 heterocycles. The van der Waals surface area contributed by atoms with Crippen molar-refractivity contribution in [3.8, 4) is 11.5 Å². The van der Waals surface area contributed by atoms with Gasteiger partial charge in [-0.05, 0) is 49.2 Å². The number of hydrogen-bond donors (Lipinski definition) is 0. The van der Waals surface area contributed by atoms with Crippen molar-refractivity contribution in [3.63, 3.8) is 0 Å². The van der Waals surface area contributed by atoms with E-state index < -0.39 is 0 Å². The van der Waals surface area contributed by atoms with Crippen LogP contribution in [-0.4, -0.2) is 13.2 Å². The summed E-state index contributed by atoms with van der Waals surface area (Å²) < 4.78 is 11.1. The number of benzene rings is 2. The maximum absolute atomic E-state index is 12.7. The second-order valence-corrected chi connectivity index (χ2v) is 5.34. The van der Waals surface area contributed by atoms with Crippen molar-refractivity contribution in [2.24, 2.45) is 0 Å². The van der Waals surface area contributed by atoms with Gasteiger partial charge < -0.3 is 9.47 Å². The Kier molecular flexibility index (Phi) is 3.47. The van der Waals surface area contributed by atoms with E-state index in [2.05, 4.69) is 0 Å². The first-order valence-corrected chi connectivity index (χ1v) is 6.98. The number of ether oxygens (including phenoxy) is 2. The van der Waals surface area contributed by atoms with E-state index in [4.69, 9.17) is 9.47 Å². The van der Waals surface area contributed by atoms with Gasteiger partial charge in [-0.25, -0.2) is 5.06 Å². The third-order valence-corrected chi connectivity index (χ3v) is 3.82. The number of rotatable bonds is 2. The Morgan fingerprint density at radius 1 is 1.14 bits per heavy atom. The average Bonchev–Trinajstić information content (AvgIpc) is 2.49. The molecule has 3 rings (SSSR count). The Morgan fingerprint density at radius 2 is 1.86 bits per heavy atom. The zero-order valence-corrected chi connectivity index (χ0v) is 12.4. The van der Waals surface area contributed by atoms with Crippen LogP contribution in [-0.2, 0) is 5.21 Å². The van der Waals surface area contributed by atoms with Gasteiger partial charge in [-0.15, -0.1) is 0 Å². The summed E-state index contributed by atoms with van der Waals surface area (Å²) in [4.78, 5) is 0. The molecule has 2 unspecified atom stereocenters. The molecule has 0 aromatic heterocycles. The van der Waals surface area contributed by atoms with Crippen LogP contribution in [0.1, 0.15) is 24.1 Å². The van der Waals surface area contributed by atoms with Crippen molar-refractivity contribution in [3.05, 3.63) is 53.6 Å². The fraction of sp³-hybridized carbons (Fsp3) is 0.294. The zero-order valence-electron chi connectivity index (χ0n) is 12.4. The molecule has 21 heavy (non-hydrogen) atoms. The number of nitrogens with zero attached hydrogens (tertiary/aromatic N) is 1. The van der Waals surface area contributed by atoms with Gasteiger partial charge >= 0.3 is 0 Å². The molecule has 0 saturated heterocycles. The highest BCUT2D eigenvalue weighted by molar-refractivity contribution is 5.61. The standard InChI is InChI=1S/C17H18NO3/c1-11-4-9-16-15(10-11)18(19)17(12(2)21-16)13-5-7-14(20-3)8-6-13/h4-10,12,17H,1-3H3. The van der Waals surface area contributed by atoms with Gasteiger partial charge in [0.2, 0.25) is 0 Å². The largest absolute Gasteiger partial charge is 0.497 e. The van der Waals surface area contributed by atoms with Gasteiger partial charge in [0, 0.05) is 0 Å². The van der Waals surface area contributed by atoms with E-state index >= 15 is 0 Å². The Balaban J connectivity index is 1.98. The monoisotopic (exact) mass is 284 g/mol. The van der Waals surface area contributed by atoms with Crippen LogP contribution < -0.4 is 14.5 Å². The Hall–Kier alpha value is -2.20. The molecule has 109 valence electrons. The van der Waals surface area contributed by atoms with Gasteiger partial charge in [0.15, 0.2) is 0 Å². The zero-order chi connectivity index (χ0) is 15.0. The quantitative estimate of drug-likeness (QED) is 0.844. The molecule has 1 radical (unpaired) electrons. The van der Waals surface area contributed by atoms with Gasteiger partial charge in [-0.1, -0.05) is 23.4 Å². The molecular formula is C17H18NO3. The highest BCUT2D eigenvalue weighted by Gasteiger charge is 2.35. The Morgan fingerprint density at radius 3 is 2.52 bits per heavy atom. The summed E-state index contributed by atoms with van der Waals surface area (Å²) in [6.45, 7) is 3.89. The highest BCUT2D eigenvalue weighted by Crippen LogP contribution is 2.42. The van der Waals surface area contributed by atoms with Crippen LogP contribution in [0, 0.1) is 6.92 Å². The molecule has 1 aliphatic heterocycles. The molecule has 0 fully saturated rings. The predicted molar refractivity (Wildman–Crippen MR) is 80.2 cm³/mol. The first kappa shape index (κ1) is 13.8. The fourth-order valence-electron chi connectivity index (χ4n) is 2.71. The van der Waals surface area contributed by atoms with Crippen LogP contribution in [0.2, 0.25) is 0 Å². The molecule has 2 aromatic rings. The molecule has 0 bridgehead atoms. The minimum absolute atomic E-state index is 0.217. The first-order chi connectivity index (χ1) is 10.1. The summed E-state index contributed by atoms with van der Waals surface area (Å²) in [5, 5.41) is 13.8. The van der Waals surface area contributed by atoms with E-state index in [1.54, 1.807) is 7.11 Å². The van der Waals surface area contributed by atoms with E-state index in [0.717, 1.165) is 21.9 Å². The van der Waals surface area contributed by atoms with Gasteiger partial charge in [-0.2, -0.15) is 0 Å². The summed E-state index contributed by atoms with van der Waals surface area (Å²) in [6, 6.07) is 12.9. The molecule has 0 saturated carbocycles. The number of fused-ring (bicyclic) bond motifs is 1. The van der Waals surface area contributed by atoms with Crippen molar-refractivity contribution in [2.75, 3.05) is 12.2 Å². The summed E-state index contributed by atoms with van der Waals surface area (Å²) in [5.74, 6) is 1.42. The molecule has 0 N–H and O–H groups in total. The summed E-state index contributed by atoms with van der Waals surface area (Å²) >= 11 is 0. The van der Waals surface area contributed by atoms with Crippen molar-refractivity contribution in [1.82, 2.24) is 0 Å². The molecule has 2 atom stereocenters. The van der Waals surface area contributed by atoms with Gasteiger partial charge in [0.1, 0.15) is 29.3 Å². The van der Waals surface area contributed by atoms with E-state index in [0.29, 0.717) is 11.4 Å². The second kappa shape index (κ2) is 5.30. The maximum atomic E-state index is 12.7. The fourth-order valence-corrected chi connectivity index (χ4v) is 2.71. The minimum Gasteiger partial charge on any atom is -0.497 e. The first-order valence-electron chi connectivity index (χ1n) is 6.98. The van der Waals surface area contributed by atoms with Gasteiger partial charge in [0.05, 0.1) is 7.11 Å². The molecular weight excluding hydrogens is 266 g/mol. The lowest BCUT2D eigenvalue weighted by molar-refractivity contribution is 0.0533. The number of hydrogen-bond acceptors (Lipinski definition) is 3. The van der Waals surface area contributed by atoms with Crippen molar-refractivity contribution >= 4 is 5.69 Å². The van der Waals surface area contributed by atoms with Crippen LogP contribution in [0.5, 0.6) is 11.5 Å². The van der Waals surface area contributed by atoms with Gasteiger partial charge in [0.25, 0.3) is 0 Å². The third kappa shape index (κ3) is 2.43. The summed E-state index contributed by atoms with van der Waals surface area (Å²) in [6.07, 6.45) is -0.217. The topological polar surface area (TPSA) is 41.6 Å². The van der Waals surface area contributed by atoms with Crippen LogP contribution in [0.4, 0.5) is 5.69 Å². The molecule has 0 amide bonds. The van der Waals surface area contributed by atoms with Gasteiger partial charge in [-0.3, -0.25) is 0 Å². The normalized spacial score (nSPS) is 20.7. The lowest BCUT2D eigenvalue weighted by atomic mass is 9.99. The minimum atomic E-state index is -0.356. The van der Waals surface area contributed by atoms with Crippen molar-refractivity contribution < 1.29 is 14.7 Å². The molecule has 1 aliphatic rings. The Labute approximate surface area is 124 Å². The number of methoxy groups -OCH3 is 1. The van der Waals surface area contributed by atoms with Crippen molar-refractivity contribution in [2.45, 2.75) is 26.0 Å². The highest BCUT2D eigenvalue weighted by atomic mass is 16.5. The lowest BCUT2D eigenvalue weighted by Gasteiger charge is -2.37.